The zero-order valence-electron chi connectivity index (χ0n) is 14.1. The zero-order chi connectivity index (χ0) is 18.5. The molecule has 0 aromatic heterocycles. The van der Waals surface area contributed by atoms with Crippen molar-refractivity contribution in [1.29, 1.82) is 0 Å². The highest BCUT2D eigenvalue weighted by molar-refractivity contribution is 5.79. The van der Waals surface area contributed by atoms with Gasteiger partial charge < -0.3 is 15.2 Å². The Morgan fingerprint density at radius 1 is 1.33 bits per heavy atom. The molecule has 24 heavy (non-hydrogen) atoms. The molecule has 140 valence electrons. The Bertz CT molecular complexity index is 443. The molecule has 2 bridgehead atoms. The van der Waals surface area contributed by atoms with E-state index in [-0.39, 0.29) is 24.0 Å². The number of aliphatic carboxylic acids is 1. The van der Waals surface area contributed by atoms with Gasteiger partial charge in [0.1, 0.15) is 0 Å². The van der Waals surface area contributed by atoms with Crippen LogP contribution in [-0.2, 0) is 14.3 Å². The first kappa shape index (κ1) is 20.7. The van der Waals surface area contributed by atoms with Crippen molar-refractivity contribution in [3.8, 4) is 0 Å². The van der Waals surface area contributed by atoms with Gasteiger partial charge in [0.2, 0.25) is 5.91 Å². The number of nitrogens with one attached hydrogen (secondary N) is 1. The first-order valence-electron chi connectivity index (χ1n) is 8.00. The second-order valence-corrected chi connectivity index (χ2v) is 6.43. The third-order valence-electron chi connectivity index (χ3n) is 3.94. The van der Waals surface area contributed by atoms with Gasteiger partial charge in [0.05, 0.1) is 18.1 Å². The molecule has 0 saturated carbocycles. The number of carboxylic acid groups (broad SMARTS) is 1. The Hall–Kier alpha value is -1.35. The number of nitrogens with zero attached hydrogens (tertiary/aromatic N) is 1. The number of amides is 1. The van der Waals surface area contributed by atoms with E-state index in [9.17, 15) is 18.0 Å². The summed E-state index contributed by atoms with van der Waals surface area (Å²) >= 11 is 0. The topological polar surface area (TPSA) is 78.9 Å². The maximum Gasteiger partial charge on any atom is 0.490 e. The summed E-state index contributed by atoms with van der Waals surface area (Å²) in [5.74, 6) is -2.00. The van der Waals surface area contributed by atoms with Crippen molar-refractivity contribution in [2.75, 3.05) is 26.2 Å². The number of hydrogen-bond acceptors (Lipinski definition) is 4. The lowest BCUT2D eigenvalue weighted by atomic mass is 9.99. The van der Waals surface area contributed by atoms with Crippen LogP contribution in [-0.4, -0.2) is 66.4 Å². The van der Waals surface area contributed by atoms with E-state index in [1.807, 2.05) is 0 Å². The van der Waals surface area contributed by atoms with Crippen molar-refractivity contribution >= 4 is 11.9 Å². The molecule has 9 heteroatoms. The highest BCUT2D eigenvalue weighted by atomic mass is 19.4. The van der Waals surface area contributed by atoms with Crippen LogP contribution in [0.4, 0.5) is 13.2 Å². The third kappa shape index (κ3) is 6.27. The first-order chi connectivity index (χ1) is 11.0. The Morgan fingerprint density at radius 3 is 2.38 bits per heavy atom. The maximum atomic E-state index is 12.1. The summed E-state index contributed by atoms with van der Waals surface area (Å²) in [5.41, 5.74) is 0. The van der Waals surface area contributed by atoms with Crippen LogP contribution in [0.25, 0.3) is 0 Å². The number of carbonyl (C=O) groups excluding carboxylic acids is 1. The molecule has 0 aromatic rings. The number of likely N-dealkylation sites (tertiary alicyclic amines) is 1. The second-order valence-electron chi connectivity index (χ2n) is 6.43. The minimum absolute atomic E-state index is 0.0651. The van der Waals surface area contributed by atoms with Gasteiger partial charge >= 0.3 is 12.1 Å². The molecule has 2 aliphatic heterocycles. The van der Waals surface area contributed by atoms with Crippen LogP contribution < -0.4 is 5.32 Å². The van der Waals surface area contributed by atoms with E-state index in [0.717, 1.165) is 32.6 Å². The SMILES string of the molecule is CCN1C[C@H]2C[C@H](C(=O)NCC(C)C)[C@@H](C1)O2.O=C(O)C(F)(F)F. The average molecular weight is 354 g/mol. The molecule has 2 rings (SSSR count). The summed E-state index contributed by atoms with van der Waals surface area (Å²) in [6.45, 7) is 10.1. The molecule has 3 atom stereocenters. The standard InChI is InChI=1S/C13H24N2O2.C2HF3O2/c1-4-15-7-10-5-11(12(8-15)17-10)13(16)14-6-9(2)3;3-2(4,5)1(6)7/h9-12H,4-8H2,1-3H3,(H,14,16);(H,6,7)/t10-,11+,12-;/m1./s1. The molecule has 6 nitrogen and oxygen atoms in total. The molecule has 0 aromatic carbocycles. The highest BCUT2D eigenvalue weighted by Crippen LogP contribution is 2.31. The molecule has 2 aliphatic rings. The van der Waals surface area contributed by atoms with Gasteiger partial charge in [0, 0.05) is 19.6 Å². The van der Waals surface area contributed by atoms with E-state index in [4.69, 9.17) is 14.6 Å². The number of halogens is 3. The molecular weight excluding hydrogens is 329 g/mol. The number of ether oxygens (including phenoxy) is 1. The minimum atomic E-state index is -5.08. The predicted molar refractivity (Wildman–Crippen MR) is 80.4 cm³/mol. The van der Waals surface area contributed by atoms with Gasteiger partial charge in [-0.2, -0.15) is 13.2 Å². The minimum Gasteiger partial charge on any atom is -0.475 e. The smallest absolute Gasteiger partial charge is 0.475 e. The van der Waals surface area contributed by atoms with Crippen molar-refractivity contribution < 1.29 is 32.6 Å². The quantitative estimate of drug-likeness (QED) is 0.800. The molecule has 2 fully saturated rings. The first-order valence-corrected chi connectivity index (χ1v) is 8.00. The van der Waals surface area contributed by atoms with Crippen molar-refractivity contribution in [2.24, 2.45) is 11.8 Å². The molecule has 0 unspecified atom stereocenters. The maximum absolute atomic E-state index is 12.1. The van der Waals surface area contributed by atoms with E-state index in [1.54, 1.807) is 0 Å². The monoisotopic (exact) mass is 354 g/mol. The summed E-state index contributed by atoms with van der Waals surface area (Å²) in [6.07, 6.45) is -3.81. The number of carbonyl (C=O) groups is 2. The molecule has 1 amide bonds. The van der Waals surface area contributed by atoms with Gasteiger partial charge in [-0.3, -0.25) is 9.69 Å². The van der Waals surface area contributed by atoms with Crippen molar-refractivity contribution in [1.82, 2.24) is 10.2 Å². The Balaban J connectivity index is 0.000000351. The van der Waals surface area contributed by atoms with Gasteiger partial charge in [-0.25, -0.2) is 4.79 Å². The summed E-state index contributed by atoms with van der Waals surface area (Å²) < 4.78 is 37.6. The van der Waals surface area contributed by atoms with Crippen LogP contribution in [0, 0.1) is 11.8 Å². The van der Waals surface area contributed by atoms with Crippen LogP contribution in [0.2, 0.25) is 0 Å². The van der Waals surface area contributed by atoms with Crippen molar-refractivity contribution in [3.05, 3.63) is 0 Å². The Morgan fingerprint density at radius 2 is 1.92 bits per heavy atom. The highest BCUT2D eigenvalue weighted by Gasteiger charge is 2.44. The third-order valence-corrected chi connectivity index (χ3v) is 3.94. The van der Waals surface area contributed by atoms with Crippen LogP contribution >= 0.6 is 0 Å². The summed E-state index contributed by atoms with van der Waals surface area (Å²) in [4.78, 5) is 23.4. The van der Waals surface area contributed by atoms with Crippen LogP contribution in [0.15, 0.2) is 0 Å². The Labute approximate surface area is 139 Å². The van der Waals surface area contributed by atoms with Crippen LogP contribution in [0.1, 0.15) is 27.2 Å². The van der Waals surface area contributed by atoms with Gasteiger partial charge in [0.25, 0.3) is 0 Å². The lowest BCUT2D eigenvalue weighted by Crippen LogP contribution is -2.45. The molecule has 2 heterocycles. The van der Waals surface area contributed by atoms with E-state index in [0.29, 0.717) is 5.92 Å². The summed E-state index contributed by atoms with van der Waals surface area (Å²) in [5, 5.41) is 10.2. The van der Waals surface area contributed by atoms with Crippen LogP contribution in [0.3, 0.4) is 0 Å². The normalized spacial score (nSPS) is 26.7. The molecule has 0 aliphatic carbocycles. The number of alkyl halides is 3. The average Bonchev–Trinajstić information content (AvgIpc) is 2.78. The number of carboxylic acids is 1. The molecule has 0 spiro atoms. The fourth-order valence-corrected chi connectivity index (χ4v) is 2.71. The van der Waals surface area contributed by atoms with Crippen molar-refractivity contribution in [3.63, 3.8) is 0 Å². The van der Waals surface area contributed by atoms with Gasteiger partial charge in [-0.15, -0.1) is 0 Å². The van der Waals surface area contributed by atoms with Gasteiger partial charge in [0.15, 0.2) is 0 Å². The zero-order valence-corrected chi connectivity index (χ0v) is 14.1. The number of rotatable bonds is 4. The number of hydrogen-bond donors (Lipinski definition) is 2. The predicted octanol–water partition coefficient (Wildman–Crippen LogP) is 1.50. The Kier molecular flexibility index (Phi) is 7.47. The molecule has 2 N–H and O–H groups in total. The van der Waals surface area contributed by atoms with E-state index < -0.39 is 12.1 Å². The van der Waals surface area contributed by atoms with E-state index in [1.165, 1.54) is 0 Å². The lowest BCUT2D eigenvalue weighted by Gasteiger charge is -2.31. The summed E-state index contributed by atoms with van der Waals surface area (Å²) in [7, 11) is 0. The fourth-order valence-electron chi connectivity index (χ4n) is 2.71. The van der Waals surface area contributed by atoms with Gasteiger partial charge in [-0.05, 0) is 18.9 Å². The largest absolute Gasteiger partial charge is 0.490 e. The fraction of sp³-hybridized carbons (Fsp3) is 0.867. The van der Waals surface area contributed by atoms with E-state index in [2.05, 4.69) is 31.0 Å². The van der Waals surface area contributed by atoms with Gasteiger partial charge in [-0.1, -0.05) is 20.8 Å². The molecule has 2 saturated heterocycles. The number of fused-ring (bicyclic) bond motifs is 2. The molecule has 0 radical (unpaired) electrons. The summed E-state index contributed by atoms with van der Waals surface area (Å²) in [6, 6.07) is 0. The number of morpholine rings is 1. The van der Waals surface area contributed by atoms with E-state index >= 15 is 0 Å². The lowest BCUT2D eigenvalue weighted by molar-refractivity contribution is -0.192. The second kappa shape index (κ2) is 8.66. The van der Waals surface area contributed by atoms with Crippen LogP contribution in [0.5, 0.6) is 0 Å². The molecular formula is C15H25F3N2O4. The van der Waals surface area contributed by atoms with Crippen molar-refractivity contribution in [2.45, 2.75) is 45.6 Å². The number of likely N-dealkylation sites (N-methyl/N-ethyl adjacent to an activating group) is 1.